The highest BCUT2D eigenvalue weighted by atomic mass is 35.5. The van der Waals surface area contributed by atoms with Crippen molar-refractivity contribution in [3.05, 3.63) is 28.8 Å². The first-order valence-corrected chi connectivity index (χ1v) is 11.4. The summed E-state index contributed by atoms with van der Waals surface area (Å²) in [7, 11) is 0. The van der Waals surface area contributed by atoms with Crippen molar-refractivity contribution >= 4 is 46.8 Å². The van der Waals surface area contributed by atoms with Crippen molar-refractivity contribution < 1.29 is 14.4 Å². The van der Waals surface area contributed by atoms with E-state index in [9.17, 15) is 14.4 Å². The Kier molecular flexibility index (Phi) is 4.96. The number of anilines is 1. The molecule has 3 aliphatic rings. The molecule has 5 atom stereocenters. The van der Waals surface area contributed by atoms with E-state index < -0.39 is 17.4 Å². The van der Waals surface area contributed by atoms with Crippen LogP contribution in [0.15, 0.2) is 18.2 Å². The van der Waals surface area contributed by atoms with Crippen molar-refractivity contribution in [2.45, 2.75) is 44.3 Å². The predicted octanol–water partition coefficient (Wildman–Crippen LogP) is 2.61. The first-order chi connectivity index (χ1) is 13.4. The number of rotatable bonds is 5. The molecule has 0 bridgehead atoms. The van der Waals surface area contributed by atoms with Crippen LogP contribution in [-0.2, 0) is 19.9 Å². The van der Waals surface area contributed by atoms with Crippen LogP contribution >= 0.6 is 23.4 Å². The number of hydrogen-bond donors (Lipinski definition) is 2. The van der Waals surface area contributed by atoms with Gasteiger partial charge in [0.2, 0.25) is 17.7 Å². The predicted molar refractivity (Wildman–Crippen MR) is 110 cm³/mol. The molecule has 2 N–H and O–H groups in total. The van der Waals surface area contributed by atoms with Crippen molar-refractivity contribution in [1.29, 1.82) is 0 Å². The highest BCUT2D eigenvalue weighted by molar-refractivity contribution is 7.98. The standard InChI is InChI=1S/C20H24ClN3O3S/c1-4-10(2)24-17(25)14-13(8-9-28-3)23-20(15(14)18(24)26)11-6-5-7-12(21)16(11)22-19(20)27/h5-7,10,13-15,23H,4,8-9H2,1-3H3,(H,22,27)/t10-,13+,14+,15-,20-/m0/s1. The molecule has 1 aromatic carbocycles. The Morgan fingerprint density at radius 1 is 1.29 bits per heavy atom. The molecule has 1 aromatic rings. The molecule has 150 valence electrons. The Balaban J connectivity index is 1.86. The molecule has 2 fully saturated rings. The summed E-state index contributed by atoms with van der Waals surface area (Å²) in [6.45, 7) is 3.84. The number of hydrogen-bond acceptors (Lipinski definition) is 5. The molecular weight excluding hydrogens is 398 g/mol. The largest absolute Gasteiger partial charge is 0.323 e. The van der Waals surface area contributed by atoms with Gasteiger partial charge in [0, 0.05) is 17.6 Å². The summed E-state index contributed by atoms with van der Waals surface area (Å²) < 4.78 is 0. The number of amides is 3. The van der Waals surface area contributed by atoms with Crippen LogP contribution in [0.4, 0.5) is 5.69 Å². The van der Waals surface area contributed by atoms with E-state index in [1.165, 1.54) is 4.90 Å². The maximum absolute atomic E-state index is 13.5. The number of imide groups is 1. The van der Waals surface area contributed by atoms with Gasteiger partial charge in [0.05, 0.1) is 22.5 Å². The van der Waals surface area contributed by atoms with Gasteiger partial charge in [-0.2, -0.15) is 11.8 Å². The Morgan fingerprint density at radius 2 is 2.04 bits per heavy atom. The fourth-order valence-corrected chi connectivity index (χ4v) is 5.64. The minimum Gasteiger partial charge on any atom is -0.323 e. The number of para-hydroxylation sites is 1. The molecule has 0 aromatic heterocycles. The molecule has 3 heterocycles. The summed E-state index contributed by atoms with van der Waals surface area (Å²) in [6, 6.07) is 4.89. The molecule has 28 heavy (non-hydrogen) atoms. The smallest absolute Gasteiger partial charge is 0.250 e. The highest BCUT2D eigenvalue weighted by Crippen LogP contribution is 2.54. The molecule has 0 unspecified atom stereocenters. The van der Waals surface area contributed by atoms with Gasteiger partial charge >= 0.3 is 0 Å². The van der Waals surface area contributed by atoms with Crippen molar-refractivity contribution in [1.82, 2.24) is 10.2 Å². The first-order valence-electron chi connectivity index (χ1n) is 9.62. The van der Waals surface area contributed by atoms with Crippen LogP contribution < -0.4 is 10.6 Å². The highest BCUT2D eigenvalue weighted by Gasteiger charge is 2.70. The minimum atomic E-state index is -1.25. The van der Waals surface area contributed by atoms with Crippen LogP contribution in [0.25, 0.3) is 0 Å². The Hall–Kier alpha value is -1.57. The zero-order valence-electron chi connectivity index (χ0n) is 16.1. The van der Waals surface area contributed by atoms with Crippen molar-refractivity contribution in [3.8, 4) is 0 Å². The lowest BCUT2D eigenvalue weighted by atomic mass is 9.76. The van der Waals surface area contributed by atoms with Crippen LogP contribution in [0.2, 0.25) is 5.02 Å². The van der Waals surface area contributed by atoms with Gasteiger partial charge in [-0.3, -0.25) is 24.6 Å². The topological polar surface area (TPSA) is 78.5 Å². The third-order valence-electron chi connectivity index (χ3n) is 6.40. The molecule has 1 spiro atoms. The summed E-state index contributed by atoms with van der Waals surface area (Å²) in [5.41, 5.74) is -0.0462. The number of halogens is 1. The van der Waals surface area contributed by atoms with E-state index >= 15 is 0 Å². The number of carbonyl (C=O) groups is 3. The monoisotopic (exact) mass is 421 g/mol. The normalized spacial score (nSPS) is 32.1. The first kappa shape index (κ1) is 19.7. The summed E-state index contributed by atoms with van der Waals surface area (Å²) in [5.74, 6) is -1.17. The number of nitrogens with one attached hydrogen (secondary N) is 2. The Morgan fingerprint density at radius 3 is 2.71 bits per heavy atom. The quantitative estimate of drug-likeness (QED) is 0.714. The Bertz CT molecular complexity index is 863. The summed E-state index contributed by atoms with van der Waals surface area (Å²) >= 11 is 8.00. The van der Waals surface area contributed by atoms with E-state index in [2.05, 4.69) is 10.6 Å². The van der Waals surface area contributed by atoms with Crippen LogP contribution in [-0.4, -0.2) is 46.7 Å². The van der Waals surface area contributed by atoms with Gasteiger partial charge < -0.3 is 5.32 Å². The van der Waals surface area contributed by atoms with E-state index in [1.54, 1.807) is 23.9 Å². The van der Waals surface area contributed by atoms with E-state index in [4.69, 9.17) is 11.6 Å². The fourth-order valence-electron chi connectivity index (χ4n) is 4.93. The summed E-state index contributed by atoms with van der Waals surface area (Å²) in [4.78, 5) is 41.4. The van der Waals surface area contributed by atoms with Crippen LogP contribution in [0.5, 0.6) is 0 Å². The van der Waals surface area contributed by atoms with Crippen LogP contribution in [0, 0.1) is 11.8 Å². The molecule has 4 rings (SSSR count). The molecule has 2 saturated heterocycles. The SMILES string of the molecule is CC[C@H](C)N1C(=O)[C@H]2[C@@H](C1=O)[C@]1(N[C@@H]2CCSC)C(=O)Nc2c(Cl)cccc21. The molecular formula is C20H24ClN3O3S. The third-order valence-corrected chi connectivity index (χ3v) is 7.36. The van der Waals surface area contributed by atoms with E-state index in [-0.39, 0.29) is 29.8 Å². The minimum absolute atomic E-state index is 0.164. The lowest BCUT2D eigenvalue weighted by molar-refractivity contribution is -0.145. The second-order valence-corrected chi connectivity index (χ2v) is 9.16. The van der Waals surface area contributed by atoms with E-state index in [0.29, 0.717) is 29.1 Å². The van der Waals surface area contributed by atoms with Gasteiger partial charge in [-0.05, 0) is 37.8 Å². The van der Waals surface area contributed by atoms with Crippen LogP contribution in [0.1, 0.15) is 32.3 Å². The zero-order valence-corrected chi connectivity index (χ0v) is 17.7. The van der Waals surface area contributed by atoms with Gasteiger partial charge in [0.1, 0.15) is 5.54 Å². The molecule has 8 heteroatoms. The number of nitrogens with zero attached hydrogens (tertiary/aromatic N) is 1. The van der Waals surface area contributed by atoms with Crippen LogP contribution in [0.3, 0.4) is 0 Å². The van der Waals surface area contributed by atoms with Gasteiger partial charge in [-0.1, -0.05) is 30.7 Å². The molecule has 0 saturated carbocycles. The number of likely N-dealkylation sites (tertiary alicyclic amines) is 1. The number of carbonyl (C=O) groups excluding carboxylic acids is 3. The molecule has 0 aliphatic carbocycles. The second kappa shape index (κ2) is 7.04. The Labute approximate surface area is 173 Å². The van der Waals surface area contributed by atoms with E-state index in [1.807, 2.05) is 26.2 Å². The van der Waals surface area contributed by atoms with E-state index in [0.717, 1.165) is 5.75 Å². The van der Waals surface area contributed by atoms with Crippen molar-refractivity contribution in [3.63, 3.8) is 0 Å². The number of fused-ring (bicyclic) bond motifs is 4. The molecule has 0 radical (unpaired) electrons. The summed E-state index contributed by atoms with van der Waals surface area (Å²) in [6.07, 6.45) is 3.40. The average molecular weight is 422 g/mol. The lowest BCUT2D eigenvalue weighted by Crippen LogP contribution is -2.54. The number of benzene rings is 1. The maximum atomic E-state index is 13.5. The zero-order chi connectivity index (χ0) is 20.2. The maximum Gasteiger partial charge on any atom is 0.250 e. The second-order valence-electron chi connectivity index (χ2n) is 7.76. The van der Waals surface area contributed by atoms with Crippen molar-refractivity contribution in [2.24, 2.45) is 11.8 Å². The van der Waals surface area contributed by atoms with Gasteiger partial charge in [0.15, 0.2) is 0 Å². The average Bonchev–Trinajstić information content (AvgIpc) is 3.26. The number of thioether (sulfide) groups is 1. The van der Waals surface area contributed by atoms with Gasteiger partial charge in [-0.15, -0.1) is 0 Å². The fraction of sp³-hybridized carbons (Fsp3) is 0.550. The van der Waals surface area contributed by atoms with Gasteiger partial charge in [0.25, 0.3) is 0 Å². The molecule has 3 aliphatic heterocycles. The molecule has 3 amide bonds. The third kappa shape index (κ3) is 2.49. The summed E-state index contributed by atoms with van der Waals surface area (Å²) in [5, 5.41) is 6.72. The van der Waals surface area contributed by atoms with Gasteiger partial charge in [-0.25, -0.2) is 0 Å². The molecule has 6 nitrogen and oxygen atoms in total. The van der Waals surface area contributed by atoms with Crippen molar-refractivity contribution in [2.75, 3.05) is 17.3 Å². The lowest BCUT2D eigenvalue weighted by Gasteiger charge is -2.31.